The molecular formula is C7H6F2N2O2. The maximum absolute atomic E-state index is 12.3. The number of alkyl halides is 2. The molecule has 0 N–H and O–H groups in total. The van der Waals surface area contributed by atoms with Crippen molar-refractivity contribution in [2.24, 2.45) is 0 Å². The Bertz CT molecular complexity index is 341. The minimum absolute atomic E-state index is 0.178. The van der Waals surface area contributed by atoms with Crippen LogP contribution in [-0.2, 0) is 0 Å². The van der Waals surface area contributed by atoms with Crippen LogP contribution in [0.3, 0.4) is 0 Å². The smallest absolute Gasteiger partial charge is 0.358 e. The first kappa shape index (κ1) is 9.50. The second-order valence-corrected chi connectivity index (χ2v) is 2.42. The fourth-order valence-corrected chi connectivity index (χ4v) is 0.971. The highest BCUT2D eigenvalue weighted by molar-refractivity contribution is 5.39. The van der Waals surface area contributed by atoms with E-state index in [2.05, 4.69) is 4.98 Å². The molecule has 1 aromatic heterocycles. The van der Waals surface area contributed by atoms with Gasteiger partial charge >= 0.3 is 5.82 Å². The molecule has 0 saturated heterocycles. The standard InChI is InChI=1S/C7H6F2N2O2/c1-4-2-3-10-7(11(12)13)5(4)6(8)9/h2-3,6H,1H3. The Morgan fingerprint density at radius 3 is 2.62 bits per heavy atom. The molecule has 6 heteroatoms. The van der Waals surface area contributed by atoms with Crippen molar-refractivity contribution in [1.29, 1.82) is 0 Å². The first-order chi connectivity index (χ1) is 6.04. The van der Waals surface area contributed by atoms with Crippen LogP contribution in [0, 0.1) is 17.0 Å². The molecule has 0 aliphatic carbocycles. The van der Waals surface area contributed by atoms with Crippen LogP contribution in [0.5, 0.6) is 0 Å². The summed E-state index contributed by atoms with van der Waals surface area (Å²) in [5, 5.41) is 10.3. The summed E-state index contributed by atoms with van der Waals surface area (Å²) in [6, 6.07) is 1.31. The van der Waals surface area contributed by atoms with Crippen molar-refractivity contribution < 1.29 is 13.7 Å². The van der Waals surface area contributed by atoms with Gasteiger partial charge in [-0.25, -0.2) is 8.78 Å². The zero-order chi connectivity index (χ0) is 10.0. The van der Waals surface area contributed by atoms with Gasteiger partial charge in [0.05, 0.1) is 0 Å². The van der Waals surface area contributed by atoms with Crippen molar-refractivity contribution in [3.05, 3.63) is 33.5 Å². The second-order valence-electron chi connectivity index (χ2n) is 2.42. The van der Waals surface area contributed by atoms with Crippen LogP contribution in [-0.4, -0.2) is 9.91 Å². The number of rotatable bonds is 2. The number of nitrogens with zero attached hydrogens (tertiary/aromatic N) is 2. The summed E-state index contributed by atoms with van der Waals surface area (Å²) in [4.78, 5) is 12.7. The molecule has 13 heavy (non-hydrogen) atoms. The fourth-order valence-electron chi connectivity index (χ4n) is 0.971. The molecule has 0 radical (unpaired) electrons. The number of halogens is 2. The van der Waals surface area contributed by atoms with E-state index < -0.39 is 22.7 Å². The molecule has 0 unspecified atom stereocenters. The monoisotopic (exact) mass is 188 g/mol. The summed E-state index contributed by atoms with van der Waals surface area (Å²) in [5.74, 6) is -0.769. The van der Waals surface area contributed by atoms with Crippen LogP contribution in [0.4, 0.5) is 14.6 Å². The normalized spacial score (nSPS) is 10.5. The fraction of sp³-hybridized carbons (Fsp3) is 0.286. The molecule has 0 amide bonds. The molecule has 0 aromatic carbocycles. The average molecular weight is 188 g/mol. The van der Waals surface area contributed by atoms with Gasteiger partial charge in [0.2, 0.25) is 0 Å². The van der Waals surface area contributed by atoms with Crippen LogP contribution in [0.1, 0.15) is 17.6 Å². The molecule has 1 heterocycles. The van der Waals surface area contributed by atoms with Gasteiger partial charge in [-0.1, -0.05) is 0 Å². The van der Waals surface area contributed by atoms with Gasteiger partial charge in [-0.15, -0.1) is 0 Å². The minimum atomic E-state index is -2.87. The van der Waals surface area contributed by atoms with E-state index in [-0.39, 0.29) is 5.56 Å². The Labute approximate surface area is 72.4 Å². The second kappa shape index (κ2) is 3.42. The summed E-state index contributed by atoms with van der Waals surface area (Å²) in [6.07, 6.45) is -1.73. The van der Waals surface area contributed by atoms with E-state index in [4.69, 9.17) is 0 Å². The number of aryl methyl sites for hydroxylation is 1. The zero-order valence-electron chi connectivity index (χ0n) is 6.70. The number of hydrogen-bond acceptors (Lipinski definition) is 3. The van der Waals surface area contributed by atoms with Crippen molar-refractivity contribution in [2.45, 2.75) is 13.3 Å². The summed E-state index contributed by atoms with van der Waals surface area (Å²) < 4.78 is 24.6. The molecule has 0 spiro atoms. The quantitative estimate of drug-likeness (QED) is 0.528. The van der Waals surface area contributed by atoms with Crippen LogP contribution in [0.15, 0.2) is 12.3 Å². The molecule has 0 bridgehead atoms. The highest BCUT2D eigenvalue weighted by Crippen LogP contribution is 2.29. The molecule has 0 atom stereocenters. The maximum Gasteiger partial charge on any atom is 0.372 e. The molecule has 0 aliphatic rings. The lowest BCUT2D eigenvalue weighted by Crippen LogP contribution is -2.00. The van der Waals surface area contributed by atoms with Crippen molar-refractivity contribution in [2.75, 3.05) is 0 Å². The van der Waals surface area contributed by atoms with Gasteiger partial charge in [0.15, 0.2) is 0 Å². The SMILES string of the molecule is Cc1ccnc([N+](=O)[O-])c1C(F)F. The third kappa shape index (κ3) is 1.77. The van der Waals surface area contributed by atoms with Crippen LogP contribution < -0.4 is 0 Å². The zero-order valence-corrected chi connectivity index (χ0v) is 6.70. The van der Waals surface area contributed by atoms with Crippen molar-refractivity contribution >= 4 is 5.82 Å². The lowest BCUT2D eigenvalue weighted by molar-refractivity contribution is -0.391. The molecule has 0 saturated carbocycles. The first-order valence-electron chi connectivity index (χ1n) is 3.42. The van der Waals surface area contributed by atoms with Gasteiger partial charge in [-0.3, -0.25) is 0 Å². The molecule has 4 nitrogen and oxygen atoms in total. The van der Waals surface area contributed by atoms with E-state index in [1.165, 1.54) is 13.0 Å². The summed E-state index contributed by atoms with van der Waals surface area (Å²) in [7, 11) is 0. The van der Waals surface area contributed by atoms with Crippen molar-refractivity contribution in [3.8, 4) is 0 Å². The topological polar surface area (TPSA) is 56.0 Å². The lowest BCUT2D eigenvalue weighted by atomic mass is 10.1. The van der Waals surface area contributed by atoms with Crippen molar-refractivity contribution in [3.63, 3.8) is 0 Å². The third-order valence-corrected chi connectivity index (χ3v) is 1.58. The van der Waals surface area contributed by atoms with E-state index in [1.807, 2.05) is 0 Å². The first-order valence-corrected chi connectivity index (χ1v) is 3.42. The molecule has 0 aliphatic heterocycles. The van der Waals surface area contributed by atoms with E-state index >= 15 is 0 Å². The van der Waals surface area contributed by atoms with E-state index in [0.29, 0.717) is 0 Å². The van der Waals surface area contributed by atoms with Gasteiger partial charge < -0.3 is 10.1 Å². The Morgan fingerprint density at radius 1 is 1.62 bits per heavy atom. The number of pyridine rings is 1. The lowest BCUT2D eigenvalue weighted by Gasteiger charge is -2.03. The van der Waals surface area contributed by atoms with Crippen LogP contribution >= 0.6 is 0 Å². The predicted octanol–water partition coefficient (Wildman–Crippen LogP) is 2.24. The Morgan fingerprint density at radius 2 is 2.23 bits per heavy atom. The Balaban J connectivity index is 3.34. The summed E-state index contributed by atoms with van der Waals surface area (Å²) in [6.45, 7) is 1.39. The Kier molecular flexibility index (Phi) is 2.50. The highest BCUT2D eigenvalue weighted by atomic mass is 19.3. The van der Waals surface area contributed by atoms with E-state index in [0.717, 1.165) is 6.20 Å². The minimum Gasteiger partial charge on any atom is -0.358 e. The summed E-state index contributed by atoms with van der Waals surface area (Å²) >= 11 is 0. The molecule has 1 rings (SSSR count). The number of hydrogen-bond donors (Lipinski definition) is 0. The van der Waals surface area contributed by atoms with Crippen molar-refractivity contribution in [1.82, 2.24) is 4.98 Å². The van der Waals surface area contributed by atoms with Gasteiger partial charge in [0.25, 0.3) is 6.43 Å². The maximum atomic E-state index is 12.3. The van der Waals surface area contributed by atoms with Crippen LogP contribution in [0.25, 0.3) is 0 Å². The van der Waals surface area contributed by atoms with Gasteiger partial charge in [0, 0.05) is 0 Å². The number of nitro groups is 1. The molecule has 70 valence electrons. The van der Waals surface area contributed by atoms with Gasteiger partial charge in [-0.05, 0) is 28.5 Å². The molecule has 1 aromatic rings. The third-order valence-electron chi connectivity index (χ3n) is 1.58. The summed E-state index contributed by atoms with van der Waals surface area (Å²) in [5.41, 5.74) is -0.427. The van der Waals surface area contributed by atoms with Gasteiger partial charge in [0.1, 0.15) is 11.8 Å². The molecular weight excluding hydrogens is 182 g/mol. The van der Waals surface area contributed by atoms with E-state index in [9.17, 15) is 18.9 Å². The predicted molar refractivity (Wildman–Crippen MR) is 40.6 cm³/mol. The largest absolute Gasteiger partial charge is 0.372 e. The van der Waals surface area contributed by atoms with E-state index in [1.54, 1.807) is 0 Å². The molecule has 0 fully saturated rings. The van der Waals surface area contributed by atoms with Gasteiger partial charge in [-0.2, -0.15) is 0 Å². The number of aromatic nitrogens is 1. The Hall–Kier alpha value is -1.59. The highest BCUT2D eigenvalue weighted by Gasteiger charge is 2.24. The average Bonchev–Trinajstić information content (AvgIpc) is 2.02. The van der Waals surface area contributed by atoms with Crippen LogP contribution in [0.2, 0.25) is 0 Å².